The van der Waals surface area contributed by atoms with E-state index < -0.39 is 6.10 Å². The van der Waals surface area contributed by atoms with Crippen LogP contribution >= 0.6 is 0 Å². The summed E-state index contributed by atoms with van der Waals surface area (Å²) in [6.07, 6.45) is 17.5. The van der Waals surface area contributed by atoms with Crippen LogP contribution in [-0.2, 0) is 9.53 Å². The average Bonchev–Trinajstić information content (AvgIpc) is 2.51. The maximum Gasteiger partial charge on any atom is 0.333 e. The lowest BCUT2D eigenvalue weighted by atomic mass is 10.0. The van der Waals surface area contributed by atoms with Gasteiger partial charge in [0, 0.05) is 12.0 Å². The molecule has 0 aromatic heterocycles. The Bertz CT molecular complexity index is 323. The SMILES string of the molecule is CCCCCCCCCCCCCC=C1C[C@H](O)COC1=O. The second-order valence-corrected chi connectivity index (χ2v) is 6.51. The highest BCUT2D eigenvalue weighted by atomic mass is 16.5. The summed E-state index contributed by atoms with van der Waals surface area (Å²) >= 11 is 0. The zero-order valence-electron chi connectivity index (χ0n) is 14.3. The van der Waals surface area contributed by atoms with Gasteiger partial charge in [-0.05, 0) is 12.8 Å². The first-order valence-corrected chi connectivity index (χ1v) is 9.28. The van der Waals surface area contributed by atoms with Crippen LogP contribution < -0.4 is 0 Å². The van der Waals surface area contributed by atoms with E-state index >= 15 is 0 Å². The van der Waals surface area contributed by atoms with Gasteiger partial charge < -0.3 is 9.84 Å². The summed E-state index contributed by atoms with van der Waals surface area (Å²) in [4.78, 5) is 11.5. The molecule has 0 radical (unpaired) electrons. The first-order valence-electron chi connectivity index (χ1n) is 9.28. The fourth-order valence-electron chi connectivity index (χ4n) is 2.91. The third-order valence-electron chi connectivity index (χ3n) is 4.32. The predicted molar refractivity (Wildman–Crippen MR) is 90.7 cm³/mol. The highest BCUT2D eigenvalue weighted by Crippen LogP contribution is 2.17. The van der Waals surface area contributed by atoms with Crippen LogP contribution in [0.5, 0.6) is 0 Å². The average molecular weight is 310 g/mol. The molecule has 3 heteroatoms. The molecule has 0 aliphatic carbocycles. The molecule has 22 heavy (non-hydrogen) atoms. The van der Waals surface area contributed by atoms with E-state index in [9.17, 15) is 9.90 Å². The van der Waals surface area contributed by atoms with Crippen LogP contribution in [0.25, 0.3) is 0 Å². The van der Waals surface area contributed by atoms with Gasteiger partial charge in [0.05, 0.1) is 6.10 Å². The molecular weight excluding hydrogens is 276 g/mol. The van der Waals surface area contributed by atoms with E-state index in [4.69, 9.17) is 4.74 Å². The number of carbonyl (C=O) groups is 1. The van der Waals surface area contributed by atoms with Gasteiger partial charge in [0.2, 0.25) is 0 Å². The molecule has 1 N–H and O–H groups in total. The largest absolute Gasteiger partial charge is 0.460 e. The van der Waals surface area contributed by atoms with Crippen LogP contribution in [0.3, 0.4) is 0 Å². The van der Waals surface area contributed by atoms with Crippen LogP contribution in [0.2, 0.25) is 0 Å². The highest BCUT2D eigenvalue weighted by molar-refractivity contribution is 5.89. The zero-order valence-corrected chi connectivity index (χ0v) is 14.3. The van der Waals surface area contributed by atoms with Crippen molar-refractivity contribution in [1.82, 2.24) is 0 Å². The van der Waals surface area contributed by atoms with Crippen LogP contribution in [0.1, 0.15) is 90.4 Å². The number of hydrogen-bond acceptors (Lipinski definition) is 3. The summed E-state index contributed by atoms with van der Waals surface area (Å²) in [7, 11) is 0. The Hall–Kier alpha value is -0.830. The number of ether oxygens (including phenoxy) is 1. The number of unbranched alkanes of at least 4 members (excludes halogenated alkanes) is 11. The second-order valence-electron chi connectivity index (χ2n) is 6.51. The Morgan fingerprint density at radius 2 is 1.55 bits per heavy atom. The molecule has 1 heterocycles. The van der Waals surface area contributed by atoms with Crippen molar-refractivity contribution in [2.24, 2.45) is 0 Å². The number of carbonyl (C=O) groups excluding carboxylic acids is 1. The third kappa shape index (κ3) is 9.24. The van der Waals surface area contributed by atoms with Gasteiger partial charge in [-0.3, -0.25) is 0 Å². The van der Waals surface area contributed by atoms with Crippen molar-refractivity contribution in [2.75, 3.05) is 6.61 Å². The smallest absolute Gasteiger partial charge is 0.333 e. The summed E-state index contributed by atoms with van der Waals surface area (Å²) in [5.41, 5.74) is 0.658. The van der Waals surface area contributed by atoms with Gasteiger partial charge >= 0.3 is 5.97 Å². The maximum absolute atomic E-state index is 11.5. The molecule has 1 saturated heterocycles. The minimum atomic E-state index is -0.513. The Morgan fingerprint density at radius 3 is 2.14 bits per heavy atom. The second kappa shape index (κ2) is 12.7. The fourth-order valence-corrected chi connectivity index (χ4v) is 2.91. The molecule has 0 amide bonds. The van der Waals surface area contributed by atoms with E-state index in [1.54, 1.807) is 0 Å². The summed E-state index contributed by atoms with van der Waals surface area (Å²) in [6, 6.07) is 0. The number of rotatable bonds is 12. The summed E-state index contributed by atoms with van der Waals surface area (Å²) < 4.78 is 4.90. The zero-order chi connectivity index (χ0) is 16.0. The number of aliphatic hydroxyl groups excluding tert-OH is 1. The van der Waals surface area contributed by atoms with Crippen LogP contribution in [0.15, 0.2) is 11.6 Å². The number of aliphatic hydroxyl groups is 1. The number of hydrogen-bond donors (Lipinski definition) is 1. The van der Waals surface area contributed by atoms with Crippen LogP contribution in [0.4, 0.5) is 0 Å². The lowest BCUT2D eigenvalue weighted by molar-refractivity contribution is -0.146. The quantitative estimate of drug-likeness (QED) is 0.316. The minimum Gasteiger partial charge on any atom is -0.460 e. The summed E-state index contributed by atoms with van der Waals surface area (Å²) in [6.45, 7) is 2.41. The lowest BCUT2D eigenvalue weighted by Gasteiger charge is -2.19. The van der Waals surface area contributed by atoms with Gasteiger partial charge in [-0.2, -0.15) is 0 Å². The highest BCUT2D eigenvalue weighted by Gasteiger charge is 2.22. The van der Waals surface area contributed by atoms with Gasteiger partial charge in [-0.25, -0.2) is 4.79 Å². The van der Waals surface area contributed by atoms with Crippen LogP contribution in [0, 0.1) is 0 Å². The third-order valence-corrected chi connectivity index (χ3v) is 4.32. The molecule has 128 valence electrons. The van der Waals surface area contributed by atoms with Crippen molar-refractivity contribution in [1.29, 1.82) is 0 Å². The standard InChI is InChI=1S/C19H34O3/c1-2-3-4-5-6-7-8-9-10-11-12-13-14-17-15-18(20)16-22-19(17)21/h14,18,20H,2-13,15-16H2,1H3/t18-/m0/s1. The molecule has 1 aliphatic heterocycles. The molecule has 1 aliphatic rings. The van der Waals surface area contributed by atoms with Crippen molar-refractivity contribution < 1.29 is 14.6 Å². The van der Waals surface area contributed by atoms with Gasteiger partial charge in [0.1, 0.15) is 6.61 Å². The van der Waals surface area contributed by atoms with Crippen molar-refractivity contribution in [2.45, 2.75) is 96.5 Å². The molecule has 1 atom stereocenters. The van der Waals surface area contributed by atoms with Gasteiger partial charge in [0.15, 0.2) is 0 Å². The lowest BCUT2D eigenvalue weighted by Crippen LogP contribution is -2.27. The number of esters is 1. The number of allylic oxidation sites excluding steroid dienone is 1. The van der Waals surface area contributed by atoms with Gasteiger partial charge in [-0.1, -0.05) is 77.2 Å². The summed E-state index contributed by atoms with van der Waals surface area (Å²) in [5.74, 6) is -0.242. The fraction of sp³-hybridized carbons (Fsp3) is 0.842. The Kier molecular flexibility index (Phi) is 11.1. The molecule has 0 aromatic rings. The molecule has 3 nitrogen and oxygen atoms in total. The number of cyclic esters (lactones) is 1. The first kappa shape index (κ1) is 19.2. The van der Waals surface area contributed by atoms with E-state index in [1.807, 2.05) is 6.08 Å². The van der Waals surface area contributed by atoms with Gasteiger partial charge in [-0.15, -0.1) is 0 Å². The first-order chi connectivity index (χ1) is 10.7. The van der Waals surface area contributed by atoms with E-state index in [1.165, 1.54) is 64.2 Å². The molecule has 1 fully saturated rings. The Labute approximate surface area is 136 Å². The van der Waals surface area contributed by atoms with Crippen molar-refractivity contribution >= 4 is 5.97 Å². The molecule has 0 aromatic carbocycles. The Morgan fingerprint density at radius 1 is 1.00 bits per heavy atom. The summed E-state index contributed by atoms with van der Waals surface area (Å²) in [5, 5.41) is 9.47. The molecule has 0 saturated carbocycles. The van der Waals surface area contributed by atoms with Gasteiger partial charge in [0.25, 0.3) is 0 Å². The van der Waals surface area contributed by atoms with Crippen LogP contribution in [-0.4, -0.2) is 23.8 Å². The van der Waals surface area contributed by atoms with Crippen molar-refractivity contribution in [3.63, 3.8) is 0 Å². The molecule has 0 unspecified atom stereocenters. The van der Waals surface area contributed by atoms with E-state index in [-0.39, 0.29) is 12.6 Å². The molecular formula is C19H34O3. The van der Waals surface area contributed by atoms with E-state index in [0.29, 0.717) is 12.0 Å². The minimum absolute atomic E-state index is 0.147. The maximum atomic E-state index is 11.5. The topological polar surface area (TPSA) is 46.5 Å². The monoisotopic (exact) mass is 310 g/mol. The predicted octanol–water partition coefficient (Wildman–Crippen LogP) is 4.92. The van der Waals surface area contributed by atoms with E-state index in [2.05, 4.69) is 6.92 Å². The molecule has 0 bridgehead atoms. The molecule has 1 rings (SSSR count). The Balaban J connectivity index is 1.90. The van der Waals surface area contributed by atoms with Crippen molar-refractivity contribution in [3.05, 3.63) is 11.6 Å². The van der Waals surface area contributed by atoms with E-state index in [0.717, 1.165) is 12.8 Å². The normalized spacial score (nSPS) is 20.4. The van der Waals surface area contributed by atoms with Crippen molar-refractivity contribution in [3.8, 4) is 0 Å². The molecule has 0 spiro atoms.